The Kier molecular flexibility index (Phi) is 3.38. The second-order valence-corrected chi connectivity index (χ2v) is 4.60. The highest BCUT2D eigenvalue weighted by Crippen LogP contribution is 2.34. The maximum atomic E-state index is 12.2. The van der Waals surface area contributed by atoms with Crippen molar-refractivity contribution in [3.05, 3.63) is 23.8 Å². The number of aromatic nitrogens is 2. The van der Waals surface area contributed by atoms with Gasteiger partial charge in [0.1, 0.15) is 5.69 Å². The van der Waals surface area contributed by atoms with E-state index in [0.29, 0.717) is 18.2 Å². The third-order valence-electron chi connectivity index (χ3n) is 3.23. The smallest absolute Gasteiger partial charge is 0.274 e. The van der Waals surface area contributed by atoms with Crippen LogP contribution in [0.5, 0.6) is 0 Å². The molecule has 1 aromatic heterocycles. The molecule has 0 spiro atoms. The van der Waals surface area contributed by atoms with Crippen molar-refractivity contribution in [2.45, 2.75) is 25.8 Å². The average Bonchev–Trinajstić information content (AvgIpc) is 3.14. The zero-order chi connectivity index (χ0) is 12.4. The van der Waals surface area contributed by atoms with E-state index in [4.69, 9.17) is 5.73 Å². The molecule has 1 aliphatic carbocycles. The molecule has 1 amide bonds. The highest BCUT2D eigenvalue weighted by Gasteiger charge is 2.35. The first-order valence-electron chi connectivity index (χ1n) is 5.89. The molecule has 92 valence electrons. The van der Waals surface area contributed by atoms with Crippen LogP contribution >= 0.6 is 0 Å². The first kappa shape index (κ1) is 12.0. The van der Waals surface area contributed by atoms with Gasteiger partial charge in [-0.05, 0) is 25.7 Å². The minimum atomic E-state index is -0.0974. The van der Waals surface area contributed by atoms with Crippen LogP contribution in [0.1, 0.15) is 29.0 Å². The maximum absolute atomic E-state index is 12.2. The summed E-state index contributed by atoms with van der Waals surface area (Å²) in [6, 6.07) is 0.130. The molecule has 0 aromatic carbocycles. The van der Waals surface area contributed by atoms with Gasteiger partial charge in [0.2, 0.25) is 0 Å². The van der Waals surface area contributed by atoms with Crippen LogP contribution in [-0.4, -0.2) is 40.4 Å². The molecular formula is C12H18N4O. The number of likely N-dealkylation sites (N-methyl/N-ethyl adjacent to an activating group) is 1. The van der Waals surface area contributed by atoms with Gasteiger partial charge in [0.15, 0.2) is 0 Å². The van der Waals surface area contributed by atoms with Gasteiger partial charge in [-0.25, -0.2) is 4.98 Å². The summed E-state index contributed by atoms with van der Waals surface area (Å²) in [7, 11) is 1.79. The number of carbonyl (C=O) groups is 1. The number of hydrogen-bond donors (Lipinski definition) is 1. The van der Waals surface area contributed by atoms with Crippen molar-refractivity contribution in [3.63, 3.8) is 0 Å². The van der Waals surface area contributed by atoms with Crippen LogP contribution in [0.4, 0.5) is 0 Å². The Bertz CT molecular complexity index is 399. The summed E-state index contributed by atoms with van der Waals surface area (Å²) in [6.07, 6.45) is 5.46. The second-order valence-electron chi connectivity index (χ2n) is 4.60. The molecule has 0 aliphatic heterocycles. The van der Waals surface area contributed by atoms with Crippen molar-refractivity contribution in [1.29, 1.82) is 0 Å². The fourth-order valence-electron chi connectivity index (χ4n) is 1.98. The molecule has 17 heavy (non-hydrogen) atoms. The van der Waals surface area contributed by atoms with E-state index >= 15 is 0 Å². The third-order valence-corrected chi connectivity index (χ3v) is 3.23. The van der Waals surface area contributed by atoms with Gasteiger partial charge in [-0.1, -0.05) is 0 Å². The van der Waals surface area contributed by atoms with Gasteiger partial charge in [0.05, 0.1) is 11.9 Å². The summed E-state index contributed by atoms with van der Waals surface area (Å²) in [4.78, 5) is 22.0. The van der Waals surface area contributed by atoms with Gasteiger partial charge < -0.3 is 10.6 Å². The van der Waals surface area contributed by atoms with Crippen molar-refractivity contribution in [1.82, 2.24) is 14.9 Å². The Morgan fingerprint density at radius 1 is 1.53 bits per heavy atom. The topological polar surface area (TPSA) is 72.1 Å². The van der Waals surface area contributed by atoms with Crippen molar-refractivity contribution >= 4 is 5.91 Å². The van der Waals surface area contributed by atoms with Crippen molar-refractivity contribution < 1.29 is 4.79 Å². The van der Waals surface area contributed by atoms with Crippen LogP contribution in [0.15, 0.2) is 12.4 Å². The van der Waals surface area contributed by atoms with E-state index in [9.17, 15) is 4.79 Å². The summed E-state index contributed by atoms with van der Waals surface area (Å²) in [5.74, 6) is 0.465. The zero-order valence-electron chi connectivity index (χ0n) is 10.3. The molecule has 1 saturated carbocycles. The molecule has 5 heteroatoms. The van der Waals surface area contributed by atoms with E-state index < -0.39 is 0 Å². The molecule has 0 radical (unpaired) electrons. The quantitative estimate of drug-likeness (QED) is 0.827. The van der Waals surface area contributed by atoms with Crippen molar-refractivity contribution in [3.8, 4) is 0 Å². The van der Waals surface area contributed by atoms with Gasteiger partial charge in [-0.3, -0.25) is 9.78 Å². The Morgan fingerprint density at radius 2 is 2.24 bits per heavy atom. The molecule has 5 nitrogen and oxygen atoms in total. The van der Waals surface area contributed by atoms with Crippen LogP contribution in [0, 0.1) is 12.8 Å². The predicted molar refractivity (Wildman–Crippen MR) is 64.4 cm³/mol. The molecular weight excluding hydrogens is 216 g/mol. The number of aryl methyl sites for hydroxylation is 1. The highest BCUT2D eigenvalue weighted by atomic mass is 16.2. The van der Waals surface area contributed by atoms with Gasteiger partial charge >= 0.3 is 0 Å². The fourth-order valence-corrected chi connectivity index (χ4v) is 1.98. The first-order valence-corrected chi connectivity index (χ1v) is 5.89. The molecule has 0 bridgehead atoms. The first-order chi connectivity index (χ1) is 8.13. The summed E-state index contributed by atoms with van der Waals surface area (Å²) in [6.45, 7) is 2.35. The molecule has 1 fully saturated rings. The average molecular weight is 234 g/mol. The molecule has 1 heterocycles. The summed E-state index contributed by atoms with van der Waals surface area (Å²) < 4.78 is 0. The normalized spacial score (nSPS) is 16.6. The number of amides is 1. The minimum absolute atomic E-state index is 0.0974. The zero-order valence-corrected chi connectivity index (χ0v) is 10.3. The molecule has 1 unspecified atom stereocenters. The number of nitrogens with two attached hydrogens (primary N) is 1. The lowest BCUT2D eigenvalue weighted by Crippen LogP contribution is -2.43. The van der Waals surface area contributed by atoms with Crippen molar-refractivity contribution in [2.24, 2.45) is 11.7 Å². The van der Waals surface area contributed by atoms with Crippen LogP contribution in [-0.2, 0) is 0 Å². The van der Waals surface area contributed by atoms with E-state index in [1.165, 1.54) is 19.0 Å². The third kappa shape index (κ3) is 2.61. The van der Waals surface area contributed by atoms with Crippen LogP contribution in [0.25, 0.3) is 0 Å². The molecule has 2 rings (SSSR count). The SMILES string of the molecule is Cc1cnc(C(=O)N(C)C(CN)C2CC2)cn1. The number of carbonyl (C=O) groups excluding carboxylic acids is 1. The monoisotopic (exact) mass is 234 g/mol. The number of rotatable bonds is 4. The van der Waals surface area contributed by atoms with Crippen LogP contribution in [0.3, 0.4) is 0 Å². The molecule has 1 aliphatic rings. The Balaban J connectivity index is 2.10. The highest BCUT2D eigenvalue weighted by molar-refractivity contribution is 5.92. The second kappa shape index (κ2) is 4.79. The van der Waals surface area contributed by atoms with Gasteiger partial charge in [0, 0.05) is 25.8 Å². The number of hydrogen-bond acceptors (Lipinski definition) is 4. The van der Waals surface area contributed by atoms with E-state index in [-0.39, 0.29) is 11.9 Å². The van der Waals surface area contributed by atoms with Crippen LogP contribution in [0.2, 0.25) is 0 Å². The predicted octanol–water partition coefficient (Wildman–Crippen LogP) is 0.594. The standard InChI is InChI=1S/C12H18N4O/c1-8-6-15-10(7-14-8)12(17)16(2)11(5-13)9-3-4-9/h6-7,9,11H,3-5,13H2,1-2H3. The van der Waals surface area contributed by atoms with Gasteiger partial charge in [0.25, 0.3) is 5.91 Å². The molecule has 0 saturated heterocycles. The lowest BCUT2D eigenvalue weighted by molar-refractivity contribution is 0.0712. The molecule has 1 atom stereocenters. The fraction of sp³-hybridized carbons (Fsp3) is 0.583. The van der Waals surface area contributed by atoms with E-state index in [1.54, 1.807) is 18.1 Å². The van der Waals surface area contributed by atoms with Crippen LogP contribution < -0.4 is 5.73 Å². The summed E-state index contributed by atoms with van der Waals surface area (Å²) >= 11 is 0. The summed E-state index contributed by atoms with van der Waals surface area (Å²) in [5.41, 5.74) is 6.92. The largest absolute Gasteiger partial charge is 0.336 e. The minimum Gasteiger partial charge on any atom is -0.336 e. The molecule has 1 aromatic rings. The van der Waals surface area contributed by atoms with E-state index in [2.05, 4.69) is 9.97 Å². The van der Waals surface area contributed by atoms with Gasteiger partial charge in [-0.15, -0.1) is 0 Å². The summed E-state index contributed by atoms with van der Waals surface area (Å²) in [5, 5.41) is 0. The Morgan fingerprint density at radius 3 is 2.71 bits per heavy atom. The van der Waals surface area contributed by atoms with Crippen molar-refractivity contribution in [2.75, 3.05) is 13.6 Å². The Labute approximate surface area is 101 Å². The Hall–Kier alpha value is -1.49. The maximum Gasteiger partial charge on any atom is 0.274 e. The lowest BCUT2D eigenvalue weighted by Gasteiger charge is -2.26. The number of nitrogens with zero attached hydrogens (tertiary/aromatic N) is 3. The molecule has 2 N–H and O–H groups in total. The van der Waals surface area contributed by atoms with E-state index in [0.717, 1.165) is 5.69 Å². The van der Waals surface area contributed by atoms with E-state index in [1.807, 2.05) is 6.92 Å². The van der Waals surface area contributed by atoms with Gasteiger partial charge in [-0.2, -0.15) is 0 Å². The lowest BCUT2D eigenvalue weighted by atomic mass is 10.1.